The third-order valence-corrected chi connectivity index (χ3v) is 3.93. The van der Waals surface area contributed by atoms with E-state index in [2.05, 4.69) is 10.6 Å². The van der Waals surface area contributed by atoms with Crippen LogP contribution in [0.25, 0.3) is 0 Å². The van der Waals surface area contributed by atoms with E-state index in [4.69, 9.17) is 0 Å². The third kappa shape index (κ3) is 2.29. The Bertz CT molecular complexity index is 399. The monoisotopic (exact) mass is 234 g/mol. The highest BCUT2D eigenvalue weighted by Crippen LogP contribution is 2.26. The smallest absolute Gasteiger partial charge is 0.128 e. The fourth-order valence-electron chi connectivity index (χ4n) is 3.03. The highest BCUT2D eigenvalue weighted by molar-refractivity contribution is 5.54. The minimum atomic E-state index is -0.0760. The number of hydrogen-bond acceptors (Lipinski definition) is 2. The van der Waals surface area contributed by atoms with Crippen molar-refractivity contribution >= 4 is 5.69 Å². The molecule has 1 heterocycles. The molecular formula is C14H19FN2. The zero-order valence-electron chi connectivity index (χ0n) is 10.0. The van der Waals surface area contributed by atoms with E-state index in [1.807, 2.05) is 6.07 Å². The summed E-state index contributed by atoms with van der Waals surface area (Å²) in [6.07, 6.45) is 6.04. The molecule has 0 radical (unpaired) electrons. The minimum absolute atomic E-state index is 0.0760. The summed E-state index contributed by atoms with van der Waals surface area (Å²) in [5.74, 6) is -0.0760. The molecule has 0 bridgehead atoms. The van der Waals surface area contributed by atoms with E-state index in [0.717, 1.165) is 24.2 Å². The second-order valence-electron chi connectivity index (χ2n) is 5.20. The number of rotatable bonds is 2. The quantitative estimate of drug-likeness (QED) is 0.822. The molecule has 0 saturated heterocycles. The van der Waals surface area contributed by atoms with Crippen LogP contribution in [-0.2, 0) is 6.42 Å². The van der Waals surface area contributed by atoms with Crippen LogP contribution in [0.5, 0.6) is 0 Å². The van der Waals surface area contributed by atoms with Gasteiger partial charge in [-0.1, -0.05) is 18.9 Å². The van der Waals surface area contributed by atoms with Crippen molar-refractivity contribution in [2.24, 2.45) is 0 Å². The van der Waals surface area contributed by atoms with Gasteiger partial charge in [0.05, 0.1) is 0 Å². The van der Waals surface area contributed by atoms with Crippen LogP contribution in [0, 0.1) is 5.82 Å². The van der Waals surface area contributed by atoms with Crippen molar-refractivity contribution < 1.29 is 4.39 Å². The minimum Gasteiger partial charge on any atom is -0.383 e. The van der Waals surface area contributed by atoms with E-state index >= 15 is 0 Å². The number of fused-ring (bicyclic) bond motifs is 1. The van der Waals surface area contributed by atoms with E-state index in [0.29, 0.717) is 12.1 Å². The van der Waals surface area contributed by atoms with Gasteiger partial charge in [0.2, 0.25) is 0 Å². The van der Waals surface area contributed by atoms with Crippen molar-refractivity contribution in [1.29, 1.82) is 0 Å². The highest BCUT2D eigenvalue weighted by atomic mass is 19.1. The van der Waals surface area contributed by atoms with Crippen LogP contribution in [0.4, 0.5) is 10.1 Å². The summed E-state index contributed by atoms with van der Waals surface area (Å²) >= 11 is 0. The zero-order valence-corrected chi connectivity index (χ0v) is 10.0. The van der Waals surface area contributed by atoms with E-state index in [-0.39, 0.29) is 5.82 Å². The molecule has 1 aliphatic carbocycles. The summed E-state index contributed by atoms with van der Waals surface area (Å²) in [4.78, 5) is 0. The lowest BCUT2D eigenvalue weighted by atomic mass is 9.98. The lowest BCUT2D eigenvalue weighted by Crippen LogP contribution is -2.45. The summed E-state index contributed by atoms with van der Waals surface area (Å²) in [5, 5.41) is 6.98. The maximum atomic E-state index is 13.7. The van der Waals surface area contributed by atoms with Crippen LogP contribution in [0.3, 0.4) is 0 Å². The molecule has 1 aliphatic heterocycles. The third-order valence-electron chi connectivity index (χ3n) is 3.93. The van der Waals surface area contributed by atoms with E-state index in [1.54, 1.807) is 12.1 Å². The summed E-state index contributed by atoms with van der Waals surface area (Å²) in [6.45, 7) is 0.910. The number of nitrogens with one attached hydrogen (secondary N) is 2. The normalized spacial score (nSPS) is 24.4. The molecule has 1 atom stereocenters. The number of hydrogen-bond donors (Lipinski definition) is 2. The molecule has 0 aromatic heterocycles. The number of halogens is 1. The van der Waals surface area contributed by atoms with E-state index in [9.17, 15) is 4.39 Å². The predicted octanol–water partition coefficient (Wildman–Crippen LogP) is 2.69. The van der Waals surface area contributed by atoms with Crippen LogP contribution in [0.2, 0.25) is 0 Å². The van der Waals surface area contributed by atoms with Crippen molar-refractivity contribution in [3.05, 3.63) is 29.6 Å². The first-order valence-electron chi connectivity index (χ1n) is 6.60. The van der Waals surface area contributed by atoms with E-state index < -0.39 is 0 Å². The molecule has 3 heteroatoms. The van der Waals surface area contributed by atoms with Gasteiger partial charge in [0.15, 0.2) is 0 Å². The van der Waals surface area contributed by atoms with Gasteiger partial charge < -0.3 is 10.6 Å². The van der Waals surface area contributed by atoms with Gasteiger partial charge in [-0.2, -0.15) is 0 Å². The molecule has 2 aliphatic rings. The first-order valence-corrected chi connectivity index (χ1v) is 6.60. The largest absolute Gasteiger partial charge is 0.383 e. The van der Waals surface area contributed by atoms with Gasteiger partial charge >= 0.3 is 0 Å². The Balaban J connectivity index is 1.69. The fourth-order valence-corrected chi connectivity index (χ4v) is 3.03. The van der Waals surface area contributed by atoms with E-state index in [1.165, 1.54) is 25.7 Å². The Labute approximate surface area is 102 Å². The molecule has 1 aromatic carbocycles. The lowest BCUT2D eigenvalue weighted by molar-refractivity contribution is 0.427. The molecule has 2 nitrogen and oxygen atoms in total. The summed E-state index contributed by atoms with van der Waals surface area (Å²) in [7, 11) is 0. The summed E-state index contributed by atoms with van der Waals surface area (Å²) < 4.78 is 13.7. The van der Waals surface area contributed by atoms with Crippen molar-refractivity contribution in [2.75, 3.05) is 11.9 Å². The Hall–Kier alpha value is -1.09. The SMILES string of the molecule is Fc1cccc2c1CC(NC1CCCC1)CN2. The molecule has 92 valence electrons. The van der Waals surface area contributed by atoms with Crippen LogP contribution in [0.15, 0.2) is 18.2 Å². The van der Waals surface area contributed by atoms with Crippen molar-refractivity contribution in [3.8, 4) is 0 Å². The Morgan fingerprint density at radius 2 is 2.00 bits per heavy atom. The highest BCUT2D eigenvalue weighted by Gasteiger charge is 2.24. The van der Waals surface area contributed by atoms with Crippen molar-refractivity contribution in [3.63, 3.8) is 0 Å². The van der Waals surface area contributed by atoms with Crippen molar-refractivity contribution in [2.45, 2.75) is 44.2 Å². The van der Waals surface area contributed by atoms with Crippen LogP contribution in [-0.4, -0.2) is 18.6 Å². The van der Waals surface area contributed by atoms with Gasteiger partial charge in [-0.25, -0.2) is 4.39 Å². The molecule has 1 saturated carbocycles. The molecule has 2 N–H and O–H groups in total. The van der Waals surface area contributed by atoms with Crippen LogP contribution >= 0.6 is 0 Å². The Kier molecular flexibility index (Phi) is 3.02. The Morgan fingerprint density at radius 1 is 1.18 bits per heavy atom. The zero-order chi connectivity index (χ0) is 11.7. The summed E-state index contributed by atoms with van der Waals surface area (Å²) in [5.41, 5.74) is 1.81. The summed E-state index contributed by atoms with van der Waals surface area (Å²) in [6, 6.07) is 6.31. The molecule has 1 aromatic rings. The van der Waals surface area contributed by atoms with Gasteiger partial charge in [-0.15, -0.1) is 0 Å². The molecule has 0 spiro atoms. The lowest BCUT2D eigenvalue weighted by Gasteiger charge is -2.29. The average Bonchev–Trinajstić information content (AvgIpc) is 2.83. The second-order valence-corrected chi connectivity index (χ2v) is 5.20. The molecule has 3 rings (SSSR count). The van der Waals surface area contributed by atoms with Gasteiger partial charge in [-0.05, 0) is 31.4 Å². The fraction of sp³-hybridized carbons (Fsp3) is 0.571. The maximum Gasteiger partial charge on any atom is 0.128 e. The first kappa shape index (κ1) is 11.0. The molecule has 1 fully saturated rings. The van der Waals surface area contributed by atoms with Crippen molar-refractivity contribution in [1.82, 2.24) is 5.32 Å². The van der Waals surface area contributed by atoms with Gasteiger partial charge in [0.1, 0.15) is 5.82 Å². The van der Waals surface area contributed by atoms with Crippen LogP contribution in [0.1, 0.15) is 31.2 Å². The molecular weight excluding hydrogens is 215 g/mol. The van der Waals surface area contributed by atoms with Gasteiger partial charge in [-0.3, -0.25) is 0 Å². The predicted molar refractivity (Wildman–Crippen MR) is 67.8 cm³/mol. The topological polar surface area (TPSA) is 24.1 Å². The first-order chi connectivity index (χ1) is 8.33. The van der Waals surface area contributed by atoms with Gasteiger partial charge in [0.25, 0.3) is 0 Å². The number of benzene rings is 1. The molecule has 17 heavy (non-hydrogen) atoms. The standard InChI is InChI=1S/C14H19FN2/c15-13-6-3-7-14-12(13)8-11(9-16-14)17-10-4-1-2-5-10/h3,6-7,10-11,16-17H,1-2,4-5,8-9H2. The van der Waals surface area contributed by atoms with Gasteiger partial charge in [0, 0.05) is 29.9 Å². The molecule has 0 amide bonds. The average molecular weight is 234 g/mol. The Morgan fingerprint density at radius 3 is 2.82 bits per heavy atom. The second kappa shape index (κ2) is 4.65. The molecule has 1 unspecified atom stereocenters. The number of anilines is 1. The maximum absolute atomic E-state index is 13.7. The van der Waals surface area contributed by atoms with Crippen LogP contribution < -0.4 is 10.6 Å².